The monoisotopic (exact) mass is 383 g/mol. The van der Waals surface area contributed by atoms with Gasteiger partial charge in [0.25, 0.3) is 0 Å². The number of hydrogen-bond acceptors (Lipinski definition) is 5. The molecular weight excluding hydrogens is 346 g/mol. The minimum atomic E-state index is -0.847. The van der Waals surface area contributed by atoms with Gasteiger partial charge in [0.15, 0.2) is 0 Å². The number of likely N-dealkylation sites (N-methyl/N-ethyl adjacent to an activating group) is 2. The van der Waals surface area contributed by atoms with Crippen LogP contribution in [-0.4, -0.2) is 72.5 Å². The van der Waals surface area contributed by atoms with E-state index in [0.29, 0.717) is 13.1 Å². The summed E-state index contributed by atoms with van der Waals surface area (Å²) in [7, 11) is 3.33. The normalized spacial score (nSPS) is 17.4. The SMILES string of the molecule is CN[C@H](C(=O)N(C)[C@@H](CC(=O)OC(C)(C)C)C(=O)N1CCCCC1)C(C)C. The Morgan fingerprint density at radius 3 is 2.11 bits per heavy atom. The Morgan fingerprint density at radius 2 is 1.67 bits per heavy atom. The number of piperidine rings is 1. The third kappa shape index (κ3) is 7.13. The van der Waals surface area contributed by atoms with Gasteiger partial charge < -0.3 is 19.9 Å². The van der Waals surface area contributed by atoms with Crippen LogP contribution < -0.4 is 5.32 Å². The van der Waals surface area contributed by atoms with Crippen molar-refractivity contribution in [3.8, 4) is 0 Å². The minimum Gasteiger partial charge on any atom is -0.460 e. The molecule has 1 rings (SSSR count). The van der Waals surface area contributed by atoms with Crippen molar-refractivity contribution in [2.24, 2.45) is 5.92 Å². The van der Waals surface area contributed by atoms with Gasteiger partial charge in [-0.15, -0.1) is 0 Å². The number of amides is 2. The molecule has 1 aliphatic rings. The quantitative estimate of drug-likeness (QED) is 0.678. The summed E-state index contributed by atoms with van der Waals surface area (Å²) in [5, 5.41) is 3.01. The highest BCUT2D eigenvalue weighted by Gasteiger charge is 2.37. The molecule has 1 fully saturated rings. The predicted octanol–water partition coefficient (Wildman–Crippen LogP) is 1.80. The van der Waals surface area contributed by atoms with Gasteiger partial charge in [-0.05, 0) is 53.0 Å². The fourth-order valence-electron chi connectivity index (χ4n) is 3.37. The second kappa shape index (κ2) is 10.1. The molecule has 1 saturated heterocycles. The maximum atomic E-state index is 13.1. The first kappa shape index (κ1) is 23.4. The maximum absolute atomic E-state index is 13.1. The first-order chi connectivity index (χ1) is 12.5. The molecule has 1 aliphatic heterocycles. The van der Waals surface area contributed by atoms with Gasteiger partial charge >= 0.3 is 5.97 Å². The zero-order chi connectivity index (χ0) is 20.8. The van der Waals surface area contributed by atoms with Crippen LogP contribution in [0.15, 0.2) is 0 Å². The molecule has 2 atom stereocenters. The van der Waals surface area contributed by atoms with E-state index in [1.54, 1.807) is 39.8 Å². The average molecular weight is 384 g/mol. The molecule has 7 nitrogen and oxygen atoms in total. The molecule has 2 amide bonds. The first-order valence-electron chi connectivity index (χ1n) is 9.92. The van der Waals surface area contributed by atoms with Gasteiger partial charge in [-0.2, -0.15) is 0 Å². The van der Waals surface area contributed by atoms with Gasteiger partial charge in [-0.3, -0.25) is 14.4 Å². The Morgan fingerprint density at radius 1 is 1.11 bits per heavy atom. The van der Waals surface area contributed by atoms with Crippen LogP contribution in [0.25, 0.3) is 0 Å². The first-order valence-corrected chi connectivity index (χ1v) is 9.92. The largest absolute Gasteiger partial charge is 0.460 e. The Kier molecular flexibility index (Phi) is 8.72. The van der Waals surface area contributed by atoms with Gasteiger partial charge in [0.2, 0.25) is 11.8 Å². The van der Waals surface area contributed by atoms with Crippen LogP contribution >= 0.6 is 0 Å². The van der Waals surface area contributed by atoms with E-state index in [-0.39, 0.29) is 24.2 Å². The summed E-state index contributed by atoms with van der Waals surface area (Å²) in [6.45, 7) is 10.6. The van der Waals surface area contributed by atoms with Crippen LogP contribution in [0.4, 0.5) is 0 Å². The number of nitrogens with zero attached hydrogens (tertiary/aromatic N) is 2. The second-order valence-corrected chi connectivity index (χ2v) is 8.65. The summed E-state index contributed by atoms with van der Waals surface area (Å²) in [4.78, 5) is 41.7. The smallest absolute Gasteiger partial charge is 0.308 e. The van der Waals surface area contributed by atoms with Crippen molar-refractivity contribution in [2.75, 3.05) is 27.2 Å². The van der Waals surface area contributed by atoms with E-state index >= 15 is 0 Å². The maximum Gasteiger partial charge on any atom is 0.308 e. The minimum absolute atomic E-state index is 0.0669. The van der Waals surface area contributed by atoms with Crippen molar-refractivity contribution in [3.63, 3.8) is 0 Å². The Labute approximate surface area is 163 Å². The summed E-state index contributed by atoms with van der Waals surface area (Å²) >= 11 is 0. The third-order valence-electron chi connectivity index (χ3n) is 4.79. The van der Waals surface area contributed by atoms with Crippen molar-refractivity contribution < 1.29 is 19.1 Å². The van der Waals surface area contributed by atoms with E-state index in [4.69, 9.17) is 4.74 Å². The van der Waals surface area contributed by atoms with Crippen molar-refractivity contribution in [1.29, 1.82) is 0 Å². The summed E-state index contributed by atoms with van der Waals surface area (Å²) in [5.41, 5.74) is -0.635. The fourth-order valence-corrected chi connectivity index (χ4v) is 3.37. The molecule has 0 aromatic carbocycles. The van der Waals surface area contributed by atoms with Gasteiger partial charge in [-0.25, -0.2) is 0 Å². The van der Waals surface area contributed by atoms with E-state index < -0.39 is 23.7 Å². The van der Waals surface area contributed by atoms with E-state index in [1.165, 1.54) is 4.90 Å². The number of ether oxygens (including phenoxy) is 1. The van der Waals surface area contributed by atoms with Crippen LogP contribution in [0.2, 0.25) is 0 Å². The lowest BCUT2D eigenvalue weighted by Gasteiger charge is -2.36. The molecule has 1 heterocycles. The number of rotatable bonds is 7. The molecule has 0 spiro atoms. The van der Waals surface area contributed by atoms with Crippen LogP contribution in [0.1, 0.15) is 60.3 Å². The van der Waals surface area contributed by atoms with E-state index in [9.17, 15) is 14.4 Å². The van der Waals surface area contributed by atoms with Crippen LogP contribution in [0.3, 0.4) is 0 Å². The lowest BCUT2D eigenvalue weighted by Crippen LogP contribution is -2.56. The zero-order valence-electron chi connectivity index (χ0n) is 18.0. The van der Waals surface area contributed by atoms with Crippen molar-refractivity contribution >= 4 is 17.8 Å². The fraction of sp³-hybridized carbons (Fsp3) is 0.850. The molecule has 27 heavy (non-hydrogen) atoms. The van der Waals surface area contributed by atoms with Gasteiger partial charge in [0.1, 0.15) is 11.6 Å². The number of carbonyl (C=O) groups excluding carboxylic acids is 3. The predicted molar refractivity (Wildman–Crippen MR) is 105 cm³/mol. The summed E-state index contributed by atoms with van der Waals surface area (Å²) in [6, 6.07) is -1.26. The standard InChI is InChI=1S/C20H37N3O4/c1-14(2)17(21-6)19(26)22(7)15(13-16(24)27-20(3,4)5)18(25)23-11-9-8-10-12-23/h14-15,17,21H,8-13H2,1-7H3/t15-,17-/m0/s1. The lowest BCUT2D eigenvalue weighted by molar-refractivity contribution is -0.160. The van der Waals surface area contributed by atoms with Crippen LogP contribution in [0, 0.1) is 5.92 Å². The molecule has 0 radical (unpaired) electrons. The molecule has 1 N–H and O–H groups in total. The average Bonchev–Trinajstić information content (AvgIpc) is 2.58. The number of likely N-dealkylation sites (tertiary alicyclic amines) is 1. The molecule has 7 heteroatoms. The molecular formula is C20H37N3O4. The molecule has 0 bridgehead atoms. The van der Waals surface area contributed by atoms with Crippen molar-refractivity contribution in [2.45, 2.75) is 78.0 Å². The van der Waals surface area contributed by atoms with E-state index in [2.05, 4.69) is 5.32 Å². The van der Waals surface area contributed by atoms with Gasteiger partial charge in [0.05, 0.1) is 12.5 Å². The Balaban J connectivity index is 3.02. The Hall–Kier alpha value is -1.63. The van der Waals surface area contributed by atoms with Crippen molar-refractivity contribution in [1.82, 2.24) is 15.1 Å². The Bertz CT molecular complexity index is 522. The molecule has 156 valence electrons. The molecule has 0 aliphatic carbocycles. The van der Waals surface area contributed by atoms with Crippen LogP contribution in [-0.2, 0) is 19.1 Å². The highest BCUT2D eigenvalue weighted by atomic mass is 16.6. The van der Waals surface area contributed by atoms with Crippen LogP contribution in [0.5, 0.6) is 0 Å². The third-order valence-corrected chi connectivity index (χ3v) is 4.79. The number of hydrogen-bond donors (Lipinski definition) is 1. The number of esters is 1. The highest BCUT2D eigenvalue weighted by Crippen LogP contribution is 2.18. The number of carbonyl (C=O) groups is 3. The topological polar surface area (TPSA) is 79.0 Å². The summed E-state index contributed by atoms with van der Waals surface area (Å²) in [6.07, 6.45) is 2.87. The van der Waals surface area contributed by atoms with Crippen molar-refractivity contribution in [3.05, 3.63) is 0 Å². The molecule has 0 unspecified atom stereocenters. The molecule has 0 aromatic heterocycles. The summed E-state index contributed by atoms with van der Waals surface area (Å²) < 4.78 is 5.41. The number of nitrogens with one attached hydrogen (secondary N) is 1. The van der Waals surface area contributed by atoms with Gasteiger partial charge in [-0.1, -0.05) is 13.8 Å². The van der Waals surface area contributed by atoms with E-state index in [1.807, 2.05) is 13.8 Å². The summed E-state index contributed by atoms with van der Waals surface area (Å²) in [5.74, 6) is -0.762. The zero-order valence-corrected chi connectivity index (χ0v) is 18.0. The van der Waals surface area contributed by atoms with Gasteiger partial charge in [0, 0.05) is 20.1 Å². The lowest BCUT2D eigenvalue weighted by atomic mass is 10.0. The second-order valence-electron chi connectivity index (χ2n) is 8.65. The molecule has 0 saturated carbocycles. The molecule has 0 aromatic rings. The van der Waals surface area contributed by atoms with E-state index in [0.717, 1.165) is 19.3 Å². The highest BCUT2D eigenvalue weighted by molar-refractivity contribution is 5.92.